The molecule has 0 atom stereocenters. The molecule has 2 N–H and O–H groups in total. The van der Waals surface area contributed by atoms with Gasteiger partial charge in [-0.05, 0) is 48.5 Å². The second kappa shape index (κ2) is 12.4. The monoisotopic (exact) mass is 486 g/mol. The third-order valence-electron chi connectivity index (χ3n) is 4.23. The molecule has 3 rings (SSSR count). The fraction of sp³-hybridized carbons (Fsp3) is 0.125. The molecule has 0 heterocycles. The molecular formula is C24H20F2N2O5S. The molecule has 0 aliphatic carbocycles. The maximum absolute atomic E-state index is 12.6. The normalized spacial score (nSPS) is 10.4. The van der Waals surface area contributed by atoms with E-state index in [-0.39, 0.29) is 10.6 Å². The first kappa shape index (κ1) is 24.7. The first-order valence-corrected chi connectivity index (χ1v) is 10.9. The van der Waals surface area contributed by atoms with Crippen molar-refractivity contribution in [2.24, 2.45) is 0 Å². The standard InChI is InChI=1S/C24H20F2N2O5S/c25-24(26)34-20-9-5-4-8-19(20)28-21(29)15-32-22(30)14-27-23(31)16-10-12-18(13-11-16)33-17-6-2-1-3-7-17/h1-13,24H,14-15H2,(H,27,31)(H,28,29). The molecule has 0 aromatic heterocycles. The van der Waals surface area contributed by atoms with E-state index in [0.29, 0.717) is 28.8 Å². The Bertz CT molecular complexity index is 1130. The average molecular weight is 486 g/mol. The zero-order valence-corrected chi connectivity index (χ0v) is 18.5. The van der Waals surface area contributed by atoms with Crippen molar-refractivity contribution in [3.05, 3.63) is 84.4 Å². The number of carbonyl (C=O) groups is 3. The highest BCUT2D eigenvalue weighted by molar-refractivity contribution is 7.99. The number of amides is 2. The van der Waals surface area contributed by atoms with Gasteiger partial charge in [0, 0.05) is 10.5 Å². The van der Waals surface area contributed by atoms with E-state index in [1.165, 1.54) is 12.1 Å². The minimum Gasteiger partial charge on any atom is -0.457 e. The highest BCUT2D eigenvalue weighted by atomic mass is 32.2. The van der Waals surface area contributed by atoms with Crippen molar-refractivity contribution < 1.29 is 32.6 Å². The maximum Gasteiger partial charge on any atom is 0.325 e. The summed E-state index contributed by atoms with van der Waals surface area (Å²) in [7, 11) is 0. The maximum atomic E-state index is 12.6. The lowest BCUT2D eigenvalue weighted by Gasteiger charge is -2.11. The quantitative estimate of drug-likeness (QED) is 0.319. The van der Waals surface area contributed by atoms with Crippen molar-refractivity contribution >= 4 is 35.2 Å². The number of hydrogen-bond donors (Lipinski definition) is 2. The largest absolute Gasteiger partial charge is 0.457 e. The molecule has 176 valence electrons. The van der Waals surface area contributed by atoms with Crippen LogP contribution in [0.25, 0.3) is 0 Å². The molecule has 0 fully saturated rings. The Morgan fingerprint density at radius 3 is 2.21 bits per heavy atom. The van der Waals surface area contributed by atoms with Crippen LogP contribution in [0, 0.1) is 0 Å². The lowest BCUT2D eigenvalue weighted by molar-refractivity contribution is -0.146. The number of rotatable bonds is 10. The number of para-hydroxylation sites is 2. The molecule has 0 radical (unpaired) electrons. The van der Waals surface area contributed by atoms with E-state index in [4.69, 9.17) is 9.47 Å². The molecule has 2 amide bonds. The molecule has 0 saturated carbocycles. The summed E-state index contributed by atoms with van der Waals surface area (Å²) in [5, 5.41) is 4.81. The van der Waals surface area contributed by atoms with Crippen LogP contribution in [-0.2, 0) is 14.3 Å². The number of nitrogens with one attached hydrogen (secondary N) is 2. The molecule has 0 bridgehead atoms. The van der Waals surface area contributed by atoms with Crippen LogP contribution < -0.4 is 15.4 Å². The van der Waals surface area contributed by atoms with E-state index in [1.807, 2.05) is 18.2 Å². The van der Waals surface area contributed by atoms with Crippen LogP contribution in [0.4, 0.5) is 14.5 Å². The highest BCUT2D eigenvalue weighted by Crippen LogP contribution is 2.31. The molecule has 7 nitrogen and oxygen atoms in total. The number of carbonyl (C=O) groups excluding carboxylic acids is 3. The third kappa shape index (κ3) is 7.89. The van der Waals surface area contributed by atoms with Gasteiger partial charge in [-0.3, -0.25) is 14.4 Å². The van der Waals surface area contributed by atoms with Crippen LogP contribution in [0.2, 0.25) is 0 Å². The van der Waals surface area contributed by atoms with Gasteiger partial charge in [0.25, 0.3) is 17.6 Å². The summed E-state index contributed by atoms with van der Waals surface area (Å²) in [5.74, 6) is -3.49. The topological polar surface area (TPSA) is 93.7 Å². The van der Waals surface area contributed by atoms with Crippen LogP contribution in [0.15, 0.2) is 83.8 Å². The molecule has 0 saturated heterocycles. The van der Waals surface area contributed by atoms with Crippen LogP contribution in [0.5, 0.6) is 11.5 Å². The minimum atomic E-state index is -2.65. The number of esters is 1. The van der Waals surface area contributed by atoms with Crippen LogP contribution >= 0.6 is 11.8 Å². The van der Waals surface area contributed by atoms with Gasteiger partial charge in [-0.25, -0.2) is 0 Å². The van der Waals surface area contributed by atoms with Gasteiger partial charge < -0.3 is 20.1 Å². The van der Waals surface area contributed by atoms with Crippen molar-refractivity contribution in [3.63, 3.8) is 0 Å². The molecule has 0 unspecified atom stereocenters. The number of hydrogen-bond acceptors (Lipinski definition) is 6. The summed E-state index contributed by atoms with van der Waals surface area (Å²) in [4.78, 5) is 36.3. The zero-order valence-electron chi connectivity index (χ0n) is 17.7. The third-order valence-corrected chi connectivity index (χ3v) is 5.02. The van der Waals surface area contributed by atoms with Crippen LogP contribution in [-0.4, -0.2) is 36.7 Å². The number of ether oxygens (including phenoxy) is 2. The molecular weight excluding hydrogens is 466 g/mol. The predicted molar refractivity (Wildman–Crippen MR) is 123 cm³/mol. The number of benzene rings is 3. The van der Waals surface area contributed by atoms with Crippen molar-refractivity contribution in [3.8, 4) is 11.5 Å². The average Bonchev–Trinajstić information content (AvgIpc) is 2.83. The zero-order chi connectivity index (χ0) is 24.3. The molecule has 3 aromatic carbocycles. The van der Waals surface area contributed by atoms with Gasteiger partial charge in [0.1, 0.15) is 18.0 Å². The number of thioether (sulfide) groups is 1. The van der Waals surface area contributed by atoms with Crippen molar-refractivity contribution in [2.45, 2.75) is 10.7 Å². The van der Waals surface area contributed by atoms with Gasteiger partial charge in [-0.1, -0.05) is 42.1 Å². The molecule has 3 aromatic rings. The van der Waals surface area contributed by atoms with Crippen LogP contribution in [0.1, 0.15) is 10.4 Å². The fourth-order valence-electron chi connectivity index (χ4n) is 2.71. The molecule has 10 heteroatoms. The van der Waals surface area contributed by atoms with Gasteiger partial charge in [0.05, 0.1) is 5.69 Å². The Hall–Kier alpha value is -3.92. The SMILES string of the molecule is O=C(COC(=O)CNC(=O)c1ccc(Oc2ccccc2)cc1)Nc1ccccc1SC(F)F. The Balaban J connectivity index is 1.41. The summed E-state index contributed by atoms with van der Waals surface area (Å²) >= 11 is 0.291. The van der Waals surface area contributed by atoms with Gasteiger partial charge in [0.15, 0.2) is 6.61 Å². The molecule has 0 aliphatic rings. The second-order valence-corrected chi connectivity index (χ2v) is 7.74. The van der Waals surface area contributed by atoms with Crippen LogP contribution in [0.3, 0.4) is 0 Å². The Morgan fingerprint density at radius 1 is 0.853 bits per heavy atom. The second-order valence-electron chi connectivity index (χ2n) is 6.71. The first-order valence-electron chi connectivity index (χ1n) is 10.0. The van der Waals surface area contributed by atoms with Crippen molar-refractivity contribution in [2.75, 3.05) is 18.5 Å². The summed E-state index contributed by atoms with van der Waals surface area (Å²) in [6, 6.07) is 21.5. The number of anilines is 1. The first-order chi connectivity index (χ1) is 16.4. The number of halogens is 2. The van der Waals surface area contributed by atoms with Gasteiger partial charge in [0.2, 0.25) is 0 Å². The van der Waals surface area contributed by atoms with E-state index < -0.39 is 36.7 Å². The van der Waals surface area contributed by atoms with Gasteiger partial charge in [-0.2, -0.15) is 8.78 Å². The smallest absolute Gasteiger partial charge is 0.325 e. The van der Waals surface area contributed by atoms with Gasteiger partial charge >= 0.3 is 5.97 Å². The fourth-order valence-corrected chi connectivity index (χ4v) is 3.30. The van der Waals surface area contributed by atoms with E-state index in [2.05, 4.69) is 10.6 Å². The summed E-state index contributed by atoms with van der Waals surface area (Å²) in [6.45, 7) is -1.08. The molecule has 0 spiro atoms. The summed E-state index contributed by atoms with van der Waals surface area (Å²) < 4.78 is 35.7. The van der Waals surface area contributed by atoms with E-state index in [0.717, 1.165) is 0 Å². The van der Waals surface area contributed by atoms with Crippen molar-refractivity contribution in [1.82, 2.24) is 5.32 Å². The summed E-state index contributed by atoms with van der Waals surface area (Å²) in [5.41, 5.74) is 0.487. The van der Waals surface area contributed by atoms with E-state index >= 15 is 0 Å². The van der Waals surface area contributed by atoms with E-state index in [9.17, 15) is 23.2 Å². The van der Waals surface area contributed by atoms with Crippen molar-refractivity contribution in [1.29, 1.82) is 0 Å². The highest BCUT2D eigenvalue weighted by Gasteiger charge is 2.14. The Kier molecular flexibility index (Phi) is 8.98. The molecule has 34 heavy (non-hydrogen) atoms. The minimum absolute atomic E-state index is 0.182. The summed E-state index contributed by atoms with van der Waals surface area (Å²) in [6.07, 6.45) is 0. The lowest BCUT2D eigenvalue weighted by atomic mass is 10.2. The van der Waals surface area contributed by atoms with Gasteiger partial charge in [-0.15, -0.1) is 0 Å². The predicted octanol–water partition coefficient (Wildman–Crippen LogP) is 4.71. The molecule has 0 aliphatic heterocycles. The van der Waals surface area contributed by atoms with E-state index in [1.54, 1.807) is 48.5 Å². The number of alkyl halides is 2. The Labute approximate surface area is 198 Å². The lowest BCUT2D eigenvalue weighted by Crippen LogP contribution is -2.32. The Morgan fingerprint density at radius 2 is 1.50 bits per heavy atom.